The molecule has 4 aromatic rings. The van der Waals surface area contributed by atoms with Gasteiger partial charge in [0, 0.05) is 23.5 Å². The molecule has 1 amide bonds. The average molecular weight is 504 g/mol. The number of rotatable bonds is 8. The number of benzene rings is 1. The van der Waals surface area contributed by atoms with Gasteiger partial charge >= 0.3 is 6.18 Å². The molecule has 8 nitrogen and oxygen atoms in total. The Balaban J connectivity index is 1.55. The van der Waals surface area contributed by atoms with E-state index in [4.69, 9.17) is 4.74 Å². The summed E-state index contributed by atoms with van der Waals surface area (Å²) in [6.45, 7) is 7.24. The Morgan fingerprint density at radius 2 is 1.89 bits per heavy atom. The fraction of sp³-hybridized carbons (Fsp3) is 0.0385. The summed E-state index contributed by atoms with van der Waals surface area (Å²) >= 11 is 0. The van der Waals surface area contributed by atoms with Crippen LogP contribution >= 0.6 is 0 Å². The highest BCUT2D eigenvalue weighted by atomic mass is 19.4. The molecule has 3 heterocycles. The number of pyridine rings is 1. The van der Waals surface area contributed by atoms with Gasteiger partial charge in [-0.1, -0.05) is 25.3 Å². The van der Waals surface area contributed by atoms with Gasteiger partial charge in [0.25, 0.3) is 5.91 Å². The number of halogens is 3. The molecule has 1 aromatic carbocycles. The van der Waals surface area contributed by atoms with Gasteiger partial charge in [-0.15, -0.1) is 10.2 Å². The molecule has 0 saturated heterocycles. The van der Waals surface area contributed by atoms with Gasteiger partial charge in [0.05, 0.1) is 5.69 Å². The van der Waals surface area contributed by atoms with Crippen molar-refractivity contribution in [2.45, 2.75) is 6.18 Å². The standard InChI is InChI=1S/C26H19F3N6O2/c1-3-7-19(4-2)37-20-10-5-8-17(14-20)25(36)31-23-11-12-24(33-32-23)35-22(26(27,28)29)15-21(34-35)18-9-6-13-30-16-18/h3-16H,1-2H2,(H,31,32,36)/b19-7+. The van der Waals surface area contributed by atoms with Gasteiger partial charge in [-0.3, -0.25) is 9.78 Å². The SMILES string of the molecule is C=C/C=C(\C=C)Oc1cccc(C(=O)Nc2ccc(-n3nc(-c4cccnc4)cc3C(F)(F)F)nn2)c1. The van der Waals surface area contributed by atoms with E-state index in [0.29, 0.717) is 21.8 Å². The van der Waals surface area contributed by atoms with E-state index < -0.39 is 17.8 Å². The van der Waals surface area contributed by atoms with Crippen molar-refractivity contribution in [3.8, 4) is 22.8 Å². The van der Waals surface area contributed by atoms with Gasteiger partial charge in [-0.05, 0) is 60.7 Å². The number of ether oxygens (including phenoxy) is 1. The van der Waals surface area contributed by atoms with Crippen molar-refractivity contribution in [1.82, 2.24) is 25.0 Å². The largest absolute Gasteiger partial charge is 0.457 e. The second-order valence-electron chi connectivity index (χ2n) is 7.44. The zero-order valence-corrected chi connectivity index (χ0v) is 19.2. The molecule has 0 unspecified atom stereocenters. The molecule has 0 fully saturated rings. The van der Waals surface area contributed by atoms with E-state index in [9.17, 15) is 18.0 Å². The monoisotopic (exact) mass is 504 g/mol. The number of nitrogens with one attached hydrogen (secondary N) is 1. The molecule has 37 heavy (non-hydrogen) atoms. The van der Waals surface area contributed by atoms with Crippen LogP contribution in [0.1, 0.15) is 16.1 Å². The molecule has 0 bridgehead atoms. The first-order valence-electron chi connectivity index (χ1n) is 10.7. The quantitative estimate of drug-likeness (QED) is 0.247. The van der Waals surface area contributed by atoms with Crippen molar-refractivity contribution in [3.63, 3.8) is 0 Å². The number of aromatic nitrogens is 5. The molecular weight excluding hydrogens is 485 g/mol. The normalized spacial score (nSPS) is 11.6. The van der Waals surface area contributed by atoms with Gasteiger partial charge in [0.2, 0.25) is 0 Å². The van der Waals surface area contributed by atoms with E-state index in [1.165, 1.54) is 42.7 Å². The van der Waals surface area contributed by atoms with E-state index in [0.717, 1.165) is 6.07 Å². The van der Waals surface area contributed by atoms with Gasteiger partial charge in [0.1, 0.15) is 11.5 Å². The van der Waals surface area contributed by atoms with Gasteiger partial charge in [0.15, 0.2) is 17.3 Å². The van der Waals surface area contributed by atoms with Crippen LogP contribution < -0.4 is 10.1 Å². The summed E-state index contributed by atoms with van der Waals surface area (Å²) in [5.41, 5.74) is -0.282. The molecule has 0 radical (unpaired) electrons. The van der Waals surface area contributed by atoms with Crippen LogP contribution in [0.2, 0.25) is 0 Å². The Morgan fingerprint density at radius 1 is 1.05 bits per heavy atom. The molecular formula is C26H19F3N6O2. The summed E-state index contributed by atoms with van der Waals surface area (Å²) in [6.07, 6.45) is 2.87. The third-order valence-corrected chi connectivity index (χ3v) is 4.88. The third-order valence-electron chi connectivity index (χ3n) is 4.88. The Hall–Kier alpha value is -5.06. The number of hydrogen-bond donors (Lipinski definition) is 1. The molecule has 0 aliphatic heterocycles. The molecule has 0 saturated carbocycles. The van der Waals surface area contributed by atoms with Gasteiger partial charge in [-0.2, -0.15) is 18.3 Å². The predicted molar refractivity (Wildman–Crippen MR) is 131 cm³/mol. The van der Waals surface area contributed by atoms with Crippen LogP contribution in [0.5, 0.6) is 5.75 Å². The molecule has 11 heteroatoms. The maximum absolute atomic E-state index is 13.7. The molecule has 0 spiro atoms. The minimum atomic E-state index is -4.69. The third kappa shape index (κ3) is 5.96. The summed E-state index contributed by atoms with van der Waals surface area (Å²) < 4.78 is 47.3. The van der Waals surface area contributed by atoms with Crippen LogP contribution in [0.3, 0.4) is 0 Å². The highest BCUT2D eigenvalue weighted by Gasteiger charge is 2.37. The highest BCUT2D eigenvalue weighted by Crippen LogP contribution is 2.33. The van der Waals surface area contributed by atoms with E-state index in [1.807, 2.05) is 0 Å². The number of allylic oxidation sites excluding steroid dienone is 3. The Kier molecular flexibility index (Phi) is 7.23. The molecule has 0 atom stereocenters. The van der Waals surface area contributed by atoms with E-state index in [1.54, 1.807) is 36.4 Å². The van der Waals surface area contributed by atoms with Crippen molar-refractivity contribution in [3.05, 3.63) is 115 Å². The zero-order chi connectivity index (χ0) is 26.4. The first-order chi connectivity index (χ1) is 17.8. The first kappa shape index (κ1) is 25.0. The van der Waals surface area contributed by atoms with Crippen molar-refractivity contribution in [1.29, 1.82) is 0 Å². The average Bonchev–Trinajstić information content (AvgIpc) is 3.36. The van der Waals surface area contributed by atoms with Crippen LogP contribution in [0, 0.1) is 0 Å². The lowest BCUT2D eigenvalue weighted by Crippen LogP contribution is -2.16. The highest BCUT2D eigenvalue weighted by molar-refractivity contribution is 6.03. The predicted octanol–water partition coefficient (Wildman–Crippen LogP) is 5.63. The number of carbonyl (C=O) groups is 1. The Morgan fingerprint density at radius 3 is 2.54 bits per heavy atom. The first-order valence-corrected chi connectivity index (χ1v) is 10.7. The molecule has 4 rings (SSSR count). The summed E-state index contributed by atoms with van der Waals surface area (Å²) in [5, 5.41) is 14.3. The molecule has 0 aliphatic carbocycles. The van der Waals surface area contributed by atoms with Crippen molar-refractivity contribution >= 4 is 11.7 Å². The summed E-state index contributed by atoms with van der Waals surface area (Å²) in [6, 6.07) is 13.1. The fourth-order valence-corrected chi connectivity index (χ4v) is 3.20. The van der Waals surface area contributed by atoms with Crippen molar-refractivity contribution in [2.24, 2.45) is 0 Å². The van der Waals surface area contributed by atoms with Crippen molar-refractivity contribution in [2.75, 3.05) is 5.32 Å². The number of nitrogens with zero attached hydrogens (tertiary/aromatic N) is 5. The van der Waals surface area contributed by atoms with E-state index >= 15 is 0 Å². The molecule has 1 N–H and O–H groups in total. The van der Waals surface area contributed by atoms with Crippen LogP contribution in [-0.4, -0.2) is 30.9 Å². The Bertz CT molecular complexity index is 1460. The zero-order valence-electron chi connectivity index (χ0n) is 19.2. The van der Waals surface area contributed by atoms with Crippen LogP contribution in [0.25, 0.3) is 17.1 Å². The smallest absolute Gasteiger partial charge is 0.433 e. The Labute approximate surface area is 209 Å². The maximum Gasteiger partial charge on any atom is 0.433 e. The van der Waals surface area contributed by atoms with Gasteiger partial charge in [-0.25, -0.2) is 4.68 Å². The topological polar surface area (TPSA) is 94.8 Å². The van der Waals surface area contributed by atoms with Crippen LogP contribution in [-0.2, 0) is 6.18 Å². The number of alkyl halides is 3. The van der Waals surface area contributed by atoms with Gasteiger partial charge < -0.3 is 10.1 Å². The van der Waals surface area contributed by atoms with E-state index in [2.05, 4.69) is 38.8 Å². The number of carbonyl (C=O) groups excluding carboxylic acids is 1. The minimum absolute atomic E-state index is 0.0339. The van der Waals surface area contributed by atoms with Crippen LogP contribution in [0.4, 0.5) is 19.0 Å². The second-order valence-corrected chi connectivity index (χ2v) is 7.44. The lowest BCUT2D eigenvalue weighted by atomic mass is 10.2. The lowest BCUT2D eigenvalue weighted by molar-refractivity contribution is -0.142. The number of amides is 1. The van der Waals surface area contributed by atoms with E-state index in [-0.39, 0.29) is 22.9 Å². The minimum Gasteiger partial charge on any atom is -0.457 e. The second kappa shape index (κ2) is 10.7. The molecule has 186 valence electrons. The van der Waals surface area contributed by atoms with Crippen LogP contribution in [0.15, 0.2) is 104 Å². The molecule has 3 aromatic heterocycles. The lowest BCUT2D eigenvalue weighted by Gasteiger charge is -2.10. The van der Waals surface area contributed by atoms with Crippen molar-refractivity contribution < 1.29 is 22.7 Å². The maximum atomic E-state index is 13.7. The fourth-order valence-electron chi connectivity index (χ4n) is 3.20. The number of anilines is 1. The summed E-state index contributed by atoms with van der Waals surface area (Å²) in [5.74, 6) is 0.171. The summed E-state index contributed by atoms with van der Waals surface area (Å²) in [7, 11) is 0. The molecule has 0 aliphatic rings. The number of hydrogen-bond acceptors (Lipinski definition) is 6. The summed E-state index contributed by atoms with van der Waals surface area (Å²) in [4.78, 5) is 16.6.